The Morgan fingerprint density at radius 2 is 1.93 bits per heavy atom. The van der Waals surface area contributed by atoms with Crippen LogP contribution in [0.2, 0.25) is 0 Å². The van der Waals surface area contributed by atoms with E-state index in [2.05, 4.69) is 10.2 Å². The third kappa shape index (κ3) is 3.32. The third-order valence-electron chi connectivity index (χ3n) is 7.11. The molecule has 9 heteroatoms. The number of anilines is 2. The molecule has 0 radical (unpaired) electrons. The first-order valence-corrected chi connectivity index (χ1v) is 12.0. The van der Waals surface area contributed by atoms with E-state index < -0.39 is 22.2 Å². The summed E-state index contributed by atoms with van der Waals surface area (Å²) in [5, 5.41) is 13.3. The molecule has 0 aromatic carbocycles. The molecule has 3 aliphatic heterocycles. The standard InChI is InChI=1S/C20H28N4O4S/c25-18(26)20(6-1-2-7-20)13-11-24(12-13)19-22-15-5-10-29(27)16(15)17(23-19)21-14-3-8-28-9-4-14/h13-14H,1-12H2,(H,25,26)(H,21,22,23). The molecule has 29 heavy (non-hydrogen) atoms. The smallest absolute Gasteiger partial charge is 0.310 e. The maximum Gasteiger partial charge on any atom is 0.310 e. The van der Waals surface area contributed by atoms with Gasteiger partial charge in [-0.15, -0.1) is 0 Å². The molecule has 0 spiro atoms. The van der Waals surface area contributed by atoms with Crippen molar-refractivity contribution in [2.24, 2.45) is 11.3 Å². The highest BCUT2D eigenvalue weighted by Gasteiger charge is 2.52. The van der Waals surface area contributed by atoms with E-state index in [9.17, 15) is 14.1 Å². The molecule has 1 aromatic heterocycles. The number of aromatic nitrogens is 2. The summed E-state index contributed by atoms with van der Waals surface area (Å²) in [6.45, 7) is 2.83. The number of carbonyl (C=O) groups is 1. The molecular weight excluding hydrogens is 392 g/mol. The minimum absolute atomic E-state index is 0.153. The average molecular weight is 421 g/mol. The van der Waals surface area contributed by atoms with E-state index in [0.717, 1.165) is 62.3 Å². The minimum atomic E-state index is -1.06. The van der Waals surface area contributed by atoms with Crippen LogP contribution in [-0.2, 0) is 26.8 Å². The highest BCUT2D eigenvalue weighted by atomic mass is 32.2. The summed E-state index contributed by atoms with van der Waals surface area (Å²) in [5.74, 6) is 1.45. The molecule has 158 valence electrons. The second kappa shape index (κ2) is 7.50. The van der Waals surface area contributed by atoms with Gasteiger partial charge in [0, 0.05) is 50.4 Å². The first-order chi connectivity index (χ1) is 14.1. The number of nitrogens with one attached hydrogen (secondary N) is 1. The lowest BCUT2D eigenvalue weighted by Crippen LogP contribution is -2.57. The molecule has 0 amide bonds. The van der Waals surface area contributed by atoms with E-state index in [1.54, 1.807) is 0 Å². The number of hydrogen-bond acceptors (Lipinski definition) is 7. The van der Waals surface area contributed by atoms with Crippen LogP contribution in [-0.4, -0.2) is 63.4 Å². The number of aryl methyl sites for hydroxylation is 1. The Bertz CT molecular complexity index is 830. The van der Waals surface area contributed by atoms with Crippen LogP contribution in [0, 0.1) is 11.3 Å². The second-order valence-electron chi connectivity index (χ2n) is 8.75. The zero-order valence-electron chi connectivity index (χ0n) is 16.6. The lowest BCUT2D eigenvalue weighted by molar-refractivity contribution is -0.153. The van der Waals surface area contributed by atoms with E-state index in [1.165, 1.54) is 0 Å². The van der Waals surface area contributed by atoms with E-state index in [1.807, 2.05) is 0 Å². The number of ether oxygens (including phenoxy) is 1. The van der Waals surface area contributed by atoms with Gasteiger partial charge < -0.3 is 20.1 Å². The van der Waals surface area contributed by atoms with E-state index >= 15 is 0 Å². The molecule has 5 rings (SSSR count). The summed E-state index contributed by atoms with van der Waals surface area (Å²) in [6.07, 6.45) is 6.09. The molecule has 2 saturated heterocycles. The van der Waals surface area contributed by atoms with Gasteiger partial charge in [-0.1, -0.05) is 12.8 Å². The summed E-state index contributed by atoms with van der Waals surface area (Å²) in [5.41, 5.74) is 0.304. The number of hydrogen-bond donors (Lipinski definition) is 2. The van der Waals surface area contributed by atoms with Crippen LogP contribution in [0.15, 0.2) is 4.90 Å². The highest BCUT2D eigenvalue weighted by Crippen LogP contribution is 2.48. The van der Waals surface area contributed by atoms with Gasteiger partial charge in [0.1, 0.15) is 10.7 Å². The zero-order chi connectivity index (χ0) is 20.0. The zero-order valence-corrected chi connectivity index (χ0v) is 17.4. The topological polar surface area (TPSA) is 105 Å². The van der Waals surface area contributed by atoms with Gasteiger partial charge in [0.05, 0.1) is 21.9 Å². The van der Waals surface area contributed by atoms with Crippen molar-refractivity contribution in [3.05, 3.63) is 5.69 Å². The largest absolute Gasteiger partial charge is 0.481 e. The van der Waals surface area contributed by atoms with Crippen molar-refractivity contribution in [2.45, 2.75) is 55.9 Å². The first kappa shape index (κ1) is 19.2. The monoisotopic (exact) mass is 420 g/mol. The van der Waals surface area contributed by atoms with Gasteiger partial charge in [-0.2, -0.15) is 4.98 Å². The minimum Gasteiger partial charge on any atom is -0.481 e. The van der Waals surface area contributed by atoms with Gasteiger partial charge in [-0.3, -0.25) is 9.00 Å². The number of fused-ring (bicyclic) bond motifs is 1. The van der Waals surface area contributed by atoms with Crippen LogP contribution in [0.3, 0.4) is 0 Å². The molecule has 1 saturated carbocycles. The Balaban J connectivity index is 1.37. The van der Waals surface area contributed by atoms with Crippen molar-refractivity contribution < 1.29 is 18.8 Å². The molecule has 2 N–H and O–H groups in total. The van der Waals surface area contributed by atoms with Crippen molar-refractivity contribution in [3.63, 3.8) is 0 Å². The van der Waals surface area contributed by atoms with Crippen LogP contribution in [0.25, 0.3) is 0 Å². The van der Waals surface area contributed by atoms with Crippen LogP contribution >= 0.6 is 0 Å². The first-order valence-electron chi connectivity index (χ1n) is 10.7. The Labute approximate surface area is 172 Å². The van der Waals surface area contributed by atoms with Gasteiger partial charge in [-0.25, -0.2) is 4.98 Å². The number of nitrogens with zero attached hydrogens (tertiary/aromatic N) is 3. The van der Waals surface area contributed by atoms with Gasteiger partial charge in [0.15, 0.2) is 0 Å². The Morgan fingerprint density at radius 1 is 1.21 bits per heavy atom. The second-order valence-corrected chi connectivity index (χ2v) is 10.3. The molecular formula is C20H28N4O4S. The Kier molecular flexibility index (Phi) is 4.98. The predicted molar refractivity (Wildman–Crippen MR) is 109 cm³/mol. The van der Waals surface area contributed by atoms with E-state index in [-0.39, 0.29) is 12.0 Å². The number of rotatable bonds is 5. The normalized spacial score (nSPS) is 26.9. The molecule has 4 heterocycles. The van der Waals surface area contributed by atoms with Crippen LogP contribution in [0.1, 0.15) is 44.2 Å². The van der Waals surface area contributed by atoms with E-state index in [0.29, 0.717) is 37.0 Å². The summed E-state index contributed by atoms with van der Waals surface area (Å²) in [4.78, 5) is 24.3. The molecule has 1 aliphatic carbocycles. The molecule has 3 fully saturated rings. The van der Waals surface area contributed by atoms with Crippen molar-refractivity contribution in [3.8, 4) is 0 Å². The molecule has 1 atom stereocenters. The number of aliphatic carboxylic acids is 1. The SMILES string of the molecule is O=C(O)C1(C2CN(c3nc4c(c(NC5CCOCC5)n3)S(=O)CC4)C2)CCCC1. The maximum absolute atomic E-state index is 12.5. The fraction of sp³-hybridized carbons (Fsp3) is 0.750. The van der Waals surface area contributed by atoms with Crippen molar-refractivity contribution in [1.82, 2.24) is 9.97 Å². The molecule has 8 nitrogen and oxygen atoms in total. The van der Waals surface area contributed by atoms with Gasteiger partial charge in [0.2, 0.25) is 5.95 Å². The van der Waals surface area contributed by atoms with Crippen molar-refractivity contribution in [2.75, 3.05) is 42.3 Å². The molecule has 0 bridgehead atoms. The summed E-state index contributed by atoms with van der Waals surface area (Å²) in [6, 6.07) is 0.270. The van der Waals surface area contributed by atoms with Crippen molar-refractivity contribution in [1.29, 1.82) is 0 Å². The number of carboxylic acids is 1. The van der Waals surface area contributed by atoms with Crippen LogP contribution in [0.4, 0.5) is 11.8 Å². The Morgan fingerprint density at radius 3 is 2.62 bits per heavy atom. The average Bonchev–Trinajstić information content (AvgIpc) is 3.30. The van der Waals surface area contributed by atoms with Crippen LogP contribution in [0.5, 0.6) is 0 Å². The van der Waals surface area contributed by atoms with E-state index in [4.69, 9.17) is 14.7 Å². The fourth-order valence-corrected chi connectivity index (χ4v) is 6.57. The lowest BCUT2D eigenvalue weighted by atomic mass is 9.70. The molecule has 4 aliphatic rings. The van der Waals surface area contributed by atoms with Crippen molar-refractivity contribution >= 4 is 28.5 Å². The quantitative estimate of drug-likeness (QED) is 0.743. The third-order valence-corrected chi connectivity index (χ3v) is 8.56. The molecule has 1 aromatic rings. The van der Waals surface area contributed by atoms with Gasteiger partial charge in [0.25, 0.3) is 0 Å². The maximum atomic E-state index is 12.5. The highest BCUT2D eigenvalue weighted by molar-refractivity contribution is 7.85. The van der Waals surface area contributed by atoms with Gasteiger partial charge >= 0.3 is 5.97 Å². The fourth-order valence-electron chi connectivity index (χ4n) is 5.25. The summed E-state index contributed by atoms with van der Waals surface area (Å²) >= 11 is 0. The Hall–Kier alpha value is -1.74. The van der Waals surface area contributed by atoms with Crippen LogP contribution < -0.4 is 10.2 Å². The van der Waals surface area contributed by atoms with Gasteiger partial charge in [-0.05, 0) is 25.7 Å². The predicted octanol–water partition coefficient (Wildman–Crippen LogP) is 1.81. The summed E-state index contributed by atoms with van der Waals surface area (Å²) < 4.78 is 18.0. The number of carboxylic acid groups (broad SMARTS) is 1. The molecule has 1 unspecified atom stereocenters. The summed E-state index contributed by atoms with van der Waals surface area (Å²) in [7, 11) is -1.06. The lowest BCUT2D eigenvalue weighted by Gasteiger charge is -2.47.